The summed E-state index contributed by atoms with van der Waals surface area (Å²) in [6.45, 7) is 3.38. The van der Waals surface area contributed by atoms with Gasteiger partial charge < -0.3 is 5.32 Å². The van der Waals surface area contributed by atoms with Crippen LogP contribution in [0.15, 0.2) is 18.2 Å². The fraction of sp³-hybridized carbons (Fsp3) is 0.538. The minimum Gasteiger partial charge on any atom is -0.314 e. The van der Waals surface area contributed by atoms with Gasteiger partial charge in [0, 0.05) is 11.1 Å². The van der Waals surface area contributed by atoms with Gasteiger partial charge in [0.1, 0.15) is 0 Å². The van der Waals surface area contributed by atoms with E-state index in [1.165, 1.54) is 30.5 Å². The van der Waals surface area contributed by atoms with E-state index in [9.17, 15) is 0 Å². The predicted molar refractivity (Wildman–Crippen MR) is 65.6 cm³/mol. The van der Waals surface area contributed by atoms with Gasteiger partial charge in [0.05, 0.1) is 0 Å². The van der Waals surface area contributed by atoms with E-state index in [2.05, 4.69) is 24.4 Å². The second-order valence-corrected chi connectivity index (χ2v) is 4.70. The van der Waals surface area contributed by atoms with Gasteiger partial charge in [0.2, 0.25) is 0 Å². The first-order valence-electron chi connectivity index (χ1n) is 5.80. The Bertz CT molecular complexity index is 329. The van der Waals surface area contributed by atoms with Crippen molar-refractivity contribution < 1.29 is 0 Å². The molecule has 1 atom stereocenters. The third-order valence-electron chi connectivity index (χ3n) is 3.18. The molecule has 1 saturated heterocycles. The van der Waals surface area contributed by atoms with Crippen molar-refractivity contribution >= 4 is 11.6 Å². The van der Waals surface area contributed by atoms with E-state index >= 15 is 0 Å². The zero-order chi connectivity index (χ0) is 10.7. The Kier molecular flexibility index (Phi) is 3.66. The van der Waals surface area contributed by atoms with Gasteiger partial charge in [-0.05, 0) is 55.5 Å². The van der Waals surface area contributed by atoms with E-state index in [1.807, 2.05) is 6.07 Å². The number of halogens is 1. The van der Waals surface area contributed by atoms with E-state index in [-0.39, 0.29) is 0 Å². The molecule has 0 aromatic heterocycles. The fourth-order valence-electron chi connectivity index (χ4n) is 2.33. The predicted octanol–water partition coefficient (Wildman–Crippen LogP) is 3.20. The molecule has 2 heteroatoms. The highest BCUT2D eigenvalue weighted by Gasteiger charge is 2.15. The minimum absolute atomic E-state index is 0.661. The molecule has 0 amide bonds. The van der Waals surface area contributed by atoms with Gasteiger partial charge in [0.25, 0.3) is 0 Å². The normalized spacial score (nSPS) is 20.8. The molecule has 0 spiro atoms. The highest BCUT2D eigenvalue weighted by molar-refractivity contribution is 6.30. The van der Waals surface area contributed by atoms with Crippen LogP contribution in [0, 0.1) is 0 Å². The summed E-state index contributed by atoms with van der Waals surface area (Å²) in [5.41, 5.74) is 2.86. The van der Waals surface area contributed by atoms with Crippen molar-refractivity contribution in [2.24, 2.45) is 0 Å². The zero-order valence-electron chi connectivity index (χ0n) is 9.22. The van der Waals surface area contributed by atoms with Gasteiger partial charge >= 0.3 is 0 Å². The highest BCUT2D eigenvalue weighted by Crippen LogP contribution is 2.20. The Morgan fingerprint density at radius 3 is 2.93 bits per heavy atom. The van der Waals surface area contributed by atoms with Gasteiger partial charge in [-0.3, -0.25) is 0 Å². The Balaban J connectivity index is 2.14. The highest BCUT2D eigenvalue weighted by atomic mass is 35.5. The van der Waals surface area contributed by atoms with E-state index < -0.39 is 0 Å². The lowest BCUT2D eigenvalue weighted by atomic mass is 9.98. The molecular formula is C13H18ClN. The average Bonchev–Trinajstić information content (AvgIpc) is 2.71. The van der Waals surface area contributed by atoms with E-state index in [1.54, 1.807) is 0 Å². The lowest BCUT2D eigenvalue weighted by Gasteiger charge is -2.13. The van der Waals surface area contributed by atoms with Crippen LogP contribution in [0.1, 0.15) is 30.9 Å². The summed E-state index contributed by atoms with van der Waals surface area (Å²) in [5.74, 6) is 0. The van der Waals surface area contributed by atoms with Crippen LogP contribution in [0.3, 0.4) is 0 Å². The number of aryl methyl sites for hydroxylation is 1. The van der Waals surface area contributed by atoms with Crippen LogP contribution in [0.2, 0.25) is 5.02 Å². The first kappa shape index (κ1) is 11.0. The Morgan fingerprint density at radius 2 is 2.27 bits per heavy atom. The molecule has 0 radical (unpaired) electrons. The third-order valence-corrected chi connectivity index (χ3v) is 3.41. The van der Waals surface area contributed by atoms with Gasteiger partial charge in [-0.1, -0.05) is 24.6 Å². The maximum atomic E-state index is 6.04. The topological polar surface area (TPSA) is 12.0 Å². The number of benzene rings is 1. The van der Waals surface area contributed by atoms with Crippen LogP contribution >= 0.6 is 11.6 Å². The molecule has 0 bridgehead atoms. The summed E-state index contributed by atoms with van der Waals surface area (Å²) in [6, 6.07) is 6.94. The fourth-order valence-corrected chi connectivity index (χ4v) is 2.52. The van der Waals surface area contributed by atoms with Crippen molar-refractivity contribution in [1.82, 2.24) is 5.32 Å². The Hall–Kier alpha value is -0.530. The Labute approximate surface area is 96.8 Å². The molecule has 1 aliphatic rings. The summed E-state index contributed by atoms with van der Waals surface area (Å²) < 4.78 is 0. The molecule has 1 aliphatic heterocycles. The number of hydrogen-bond donors (Lipinski definition) is 1. The molecule has 0 saturated carbocycles. The molecule has 82 valence electrons. The number of nitrogens with one attached hydrogen (secondary N) is 1. The largest absolute Gasteiger partial charge is 0.314 e. The molecule has 1 N–H and O–H groups in total. The van der Waals surface area contributed by atoms with Gasteiger partial charge in [-0.2, -0.15) is 0 Å². The number of rotatable bonds is 3. The first-order chi connectivity index (χ1) is 7.29. The molecule has 1 aromatic carbocycles. The van der Waals surface area contributed by atoms with Crippen LogP contribution in [-0.2, 0) is 12.8 Å². The third kappa shape index (κ3) is 2.73. The van der Waals surface area contributed by atoms with Crippen LogP contribution in [-0.4, -0.2) is 12.6 Å². The lowest BCUT2D eigenvalue weighted by Crippen LogP contribution is -2.24. The van der Waals surface area contributed by atoms with Crippen molar-refractivity contribution in [3.05, 3.63) is 34.3 Å². The molecule has 2 rings (SSSR count). The lowest BCUT2D eigenvalue weighted by molar-refractivity contribution is 0.600. The number of hydrogen-bond acceptors (Lipinski definition) is 1. The van der Waals surface area contributed by atoms with Crippen molar-refractivity contribution in [2.45, 2.75) is 38.6 Å². The van der Waals surface area contributed by atoms with Gasteiger partial charge in [-0.25, -0.2) is 0 Å². The van der Waals surface area contributed by atoms with Crippen molar-refractivity contribution in [3.8, 4) is 0 Å². The summed E-state index contributed by atoms with van der Waals surface area (Å²) in [5, 5.41) is 4.39. The molecule has 1 heterocycles. The van der Waals surface area contributed by atoms with E-state index in [0.717, 1.165) is 17.9 Å². The van der Waals surface area contributed by atoms with Crippen LogP contribution in [0.5, 0.6) is 0 Å². The first-order valence-corrected chi connectivity index (χ1v) is 6.18. The van der Waals surface area contributed by atoms with Gasteiger partial charge in [-0.15, -0.1) is 0 Å². The maximum Gasteiger partial charge on any atom is 0.0408 e. The van der Waals surface area contributed by atoms with Crippen molar-refractivity contribution in [1.29, 1.82) is 0 Å². The van der Waals surface area contributed by atoms with Crippen LogP contribution in [0.25, 0.3) is 0 Å². The molecule has 1 nitrogen and oxygen atoms in total. The minimum atomic E-state index is 0.661. The summed E-state index contributed by atoms with van der Waals surface area (Å²) in [4.78, 5) is 0. The van der Waals surface area contributed by atoms with Crippen molar-refractivity contribution in [2.75, 3.05) is 6.54 Å². The van der Waals surface area contributed by atoms with Gasteiger partial charge in [0.15, 0.2) is 0 Å². The van der Waals surface area contributed by atoms with E-state index in [0.29, 0.717) is 6.04 Å². The maximum absolute atomic E-state index is 6.04. The monoisotopic (exact) mass is 223 g/mol. The molecule has 1 aromatic rings. The summed E-state index contributed by atoms with van der Waals surface area (Å²) in [6.07, 6.45) is 4.84. The van der Waals surface area contributed by atoms with Crippen LogP contribution in [0.4, 0.5) is 0 Å². The molecule has 1 unspecified atom stereocenters. The second-order valence-electron chi connectivity index (χ2n) is 4.26. The summed E-state index contributed by atoms with van der Waals surface area (Å²) >= 11 is 6.04. The Morgan fingerprint density at radius 1 is 1.40 bits per heavy atom. The van der Waals surface area contributed by atoms with E-state index in [4.69, 9.17) is 11.6 Å². The smallest absolute Gasteiger partial charge is 0.0408 e. The average molecular weight is 224 g/mol. The molecule has 0 aliphatic carbocycles. The zero-order valence-corrected chi connectivity index (χ0v) is 9.98. The van der Waals surface area contributed by atoms with Crippen LogP contribution < -0.4 is 5.32 Å². The summed E-state index contributed by atoms with van der Waals surface area (Å²) in [7, 11) is 0. The second kappa shape index (κ2) is 5.00. The van der Waals surface area contributed by atoms with Crippen molar-refractivity contribution in [3.63, 3.8) is 0 Å². The molecule has 15 heavy (non-hydrogen) atoms. The quantitative estimate of drug-likeness (QED) is 0.830. The SMILES string of the molecule is CCc1ccc(Cl)cc1CC1CCCN1. The molecular weight excluding hydrogens is 206 g/mol. The standard InChI is InChI=1S/C13H18ClN/c1-2-10-5-6-12(14)8-11(10)9-13-4-3-7-15-13/h5-6,8,13,15H,2-4,7,9H2,1H3. The molecule has 1 fully saturated rings.